The number of oxazole rings is 1. The lowest BCUT2D eigenvalue weighted by molar-refractivity contribution is -0.107. The van der Waals surface area contributed by atoms with Crippen molar-refractivity contribution in [1.29, 1.82) is 0 Å². The molecule has 4 nitrogen and oxygen atoms in total. The van der Waals surface area contributed by atoms with Crippen molar-refractivity contribution in [3.63, 3.8) is 0 Å². The molecule has 0 spiro atoms. The Kier molecular flexibility index (Phi) is 3.16. The van der Waals surface area contributed by atoms with Gasteiger partial charge in [-0.25, -0.2) is 4.98 Å². The van der Waals surface area contributed by atoms with E-state index in [-0.39, 0.29) is 0 Å². The highest BCUT2D eigenvalue weighted by Gasteiger charge is 2.24. The standard InChI is InChI=1S/C11H16N2O2/c1-13-6-3-2-4-10(13)11-12-9(5-7-14)8-15-11/h7-8,10H,2-6H2,1H3. The average molecular weight is 208 g/mol. The van der Waals surface area contributed by atoms with Crippen LogP contribution in [0.25, 0.3) is 0 Å². The number of piperidine rings is 1. The largest absolute Gasteiger partial charge is 0.447 e. The van der Waals surface area contributed by atoms with Crippen molar-refractivity contribution in [2.45, 2.75) is 31.7 Å². The molecule has 0 aromatic carbocycles. The van der Waals surface area contributed by atoms with Crippen LogP contribution in [-0.4, -0.2) is 29.8 Å². The number of nitrogens with zero attached hydrogens (tertiary/aromatic N) is 2. The van der Waals surface area contributed by atoms with Crippen molar-refractivity contribution in [2.24, 2.45) is 0 Å². The van der Waals surface area contributed by atoms with E-state index in [9.17, 15) is 4.79 Å². The van der Waals surface area contributed by atoms with E-state index >= 15 is 0 Å². The average Bonchev–Trinajstić information content (AvgIpc) is 2.68. The summed E-state index contributed by atoms with van der Waals surface area (Å²) in [6.07, 6.45) is 6.35. The van der Waals surface area contributed by atoms with E-state index in [2.05, 4.69) is 16.9 Å². The van der Waals surface area contributed by atoms with Gasteiger partial charge in [0.15, 0.2) is 0 Å². The summed E-state index contributed by atoms with van der Waals surface area (Å²) in [6.45, 7) is 1.09. The van der Waals surface area contributed by atoms with Crippen molar-refractivity contribution in [2.75, 3.05) is 13.6 Å². The molecule has 82 valence electrons. The number of carbonyl (C=O) groups is 1. The molecule has 1 aromatic heterocycles. The molecular weight excluding hydrogens is 192 g/mol. The zero-order valence-electron chi connectivity index (χ0n) is 8.98. The Morgan fingerprint density at radius 1 is 1.67 bits per heavy atom. The Hall–Kier alpha value is -1.16. The minimum Gasteiger partial charge on any atom is -0.447 e. The zero-order valence-corrected chi connectivity index (χ0v) is 8.98. The predicted molar refractivity (Wildman–Crippen MR) is 55.5 cm³/mol. The Morgan fingerprint density at radius 2 is 2.53 bits per heavy atom. The molecule has 1 aliphatic heterocycles. The van der Waals surface area contributed by atoms with Crippen molar-refractivity contribution in [3.8, 4) is 0 Å². The summed E-state index contributed by atoms with van der Waals surface area (Å²) in [5, 5.41) is 0. The molecule has 15 heavy (non-hydrogen) atoms. The summed E-state index contributed by atoms with van der Waals surface area (Å²) in [4.78, 5) is 16.9. The number of hydrogen-bond donors (Lipinski definition) is 0. The van der Waals surface area contributed by atoms with Gasteiger partial charge in [-0.15, -0.1) is 0 Å². The van der Waals surface area contributed by atoms with Gasteiger partial charge in [-0.3, -0.25) is 4.90 Å². The van der Waals surface area contributed by atoms with Crippen LogP contribution in [0.15, 0.2) is 10.7 Å². The maximum Gasteiger partial charge on any atom is 0.211 e. The summed E-state index contributed by atoms with van der Waals surface area (Å²) in [7, 11) is 2.09. The van der Waals surface area contributed by atoms with Crippen LogP contribution in [-0.2, 0) is 11.2 Å². The van der Waals surface area contributed by atoms with E-state index in [1.54, 1.807) is 6.26 Å². The van der Waals surface area contributed by atoms with Gasteiger partial charge in [0.25, 0.3) is 0 Å². The van der Waals surface area contributed by atoms with E-state index in [1.165, 1.54) is 12.8 Å². The van der Waals surface area contributed by atoms with E-state index in [1.807, 2.05) is 0 Å². The first-order valence-corrected chi connectivity index (χ1v) is 5.39. The molecule has 4 heteroatoms. The van der Waals surface area contributed by atoms with Crippen LogP contribution in [0.3, 0.4) is 0 Å². The third-order valence-corrected chi connectivity index (χ3v) is 2.92. The summed E-state index contributed by atoms with van der Waals surface area (Å²) >= 11 is 0. The summed E-state index contributed by atoms with van der Waals surface area (Å²) in [5.74, 6) is 0.758. The lowest BCUT2D eigenvalue weighted by atomic mass is 10.0. The highest BCUT2D eigenvalue weighted by Crippen LogP contribution is 2.28. The fourth-order valence-electron chi connectivity index (χ4n) is 2.04. The van der Waals surface area contributed by atoms with Gasteiger partial charge in [-0.1, -0.05) is 6.42 Å². The molecule has 1 unspecified atom stereocenters. The molecule has 2 heterocycles. The summed E-state index contributed by atoms with van der Waals surface area (Å²) in [6, 6.07) is 0.291. The maximum absolute atomic E-state index is 10.3. The second-order valence-electron chi connectivity index (χ2n) is 4.04. The number of rotatable bonds is 3. The van der Waals surface area contributed by atoms with Gasteiger partial charge in [0.1, 0.15) is 12.5 Å². The lowest BCUT2D eigenvalue weighted by Crippen LogP contribution is -2.29. The van der Waals surface area contributed by atoms with Crippen LogP contribution in [0.4, 0.5) is 0 Å². The van der Waals surface area contributed by atoms with E-state index in [0.29, 0.717) is 12.5 Å². The van der Waals surface area contributed by atoms with Gasteiger partial charge in [-0.05, 0) is 26.4 Å². The SMILES string of the molecule is CN1CCCCC1c1nc(CC=O)co1. The molecule has 0 saturated carbocycles. The van der Waals surface area contributed by atoms with E-state index in [4.69, 9.17) is 4.42 Å². The van der Waals surface area contributed by atoms with Gasteiger partial charge in [0.05, 0.1) is 11.7 Å². The number of aromatic nitrogens is 1. The highest BCUT2D eigenvalue weighted by molar-refractivity contribution is 5.53. The first-order chi connectivity index (χ1) is 7.31. The second kappa shape index (κ2) is 4.57. The van der Waals surface area contributed by atoms with Gasteiger partial charge in [-0.2, -0.15) is 0 Å². The molecule has 0 bridgehead atoms. The molecule has 1 saturated heterocycles. The Morgan fingerprint density at radius 3 is 3.27 bits per heavy atom. The van der Waals surface area contributed by atoms with Crippen LogP contribution in [0.2, 0.25) is 0 Å². The molecule has 1 aromatic rings. The van der Waals surface area contributed by atoms with Gasteiger partial charge >= 0.3 is 0 Å². The molecule has 1 atom stereocenters. The highest BCUT2D eigenvalue weighted by atomic mass is 16.3. The quantitative estimate of drug-likeness (QED) is 0.707. The number of carbonyl (C=O) groups excluding carboxylic acids is 1. The number of likely N-dealkylation sites (tertiary alicyclic amines) is 1. The normalized spacial score (nSPS) is 22.9. The third kappa shape index (κ3) is 2.26. The van der Waals surface area contributed by atoms with Crippen molar-refractivity contribution in [3.05, 3.63) is 17.8 Å². The molecule has 0 aliphatic carbocycles. The van der Waals surface area contributed by atoms with Crippen LogP contribution in [0, 0.1) is 0 Å². The number of aldehydes is 1. The van der Waals surface area contributed by atoms with Gasteiger partial charge < -0.3 is 9.21 Å². The smallest absolute Gasteiger partial charge is 0.211 e. The van der Waals surface area contributed by atoms with Crippen LogP contribution in [0.5, 0.6) is 0 Å². The Labute approximate surface area is 89.3 Å². The molecule has 1 aliphatic rings. The maximum atomic E-state index is 10.3. The fourth-order valence-corrected chi connectivity index (χ4v) is 2.04. The summed E-state index contributed by atoms with van der Waals surface area (Å²) < 4.78 is 5.42. The molecular formula is C11H16N2O2. The Bertz CT molecular complexity index is 335. The van der Waals surface area contributed by atoms with Gasteiger partial charge in [0.2, 0.25) is 5.89 Å². The molecule has 0 N–H and O–H groups in total. The van der Waals surface area contributed by atoms with Crippen LogP contribution >= 0.6 is 0 Å². The lowest BCUT2D eigenvalue weighted by Gasteiger charge is -2.29. The second-order valence-corrected chi connectivity index (χ2v) is 4.04. The molecule has 0 amide bonds. The van der Waals surface area contributed by atoms with E-state index in [0.717, 1.165) is 30.8 Å². The predicted octanol–water partition coefficient (Wildman–Crippen LogP) is 1.57. The Balaban J connectivity index is 2.09. The van der Waals surface area contributed by atoms with Crippen LogP contribution in [0.1, 0.15) is 36.9 Å². The number of hydrogen-bond acceptors (Lipinski definition) is 4. The minimum atomic E-state index is 0.291. The third-order valence-electron chi connectivity index (χ3n) is 2.92. The minimum absolute atomic E-state index is 0.291. The molecule has 1 fully saturated rings. The monoisotopic (exact) mass is 208 g/mol. The first-order valence-electron chi connectivity index (χ1n) is 5.39. The van der Waals surface area contributed by atoms with E-state index < -0.39 is 0 Å². The first kappa shape index (κ1) is 10.4. The van der Waals surface area contributed by atoms with Crippen LogP contribution < -0.4 is 0 Å². The van der Waals surface area contributed by atoms with Crippen molar-refractivity contribution < 1.29 is 9.21 Å². The summed E-state index contributed by atoms with van der Waals surface area (Å²) in [5.41, 5.74) is 0.735. The molecule has 0 radical (unpaired) electrons. The van der Waals surface area contributed by atoms with Crippen molar-refractivity contribution in [1.82, 2.24) is 9.88 Å². The fraction of sp³-hybridized carbons (Fsp3) is 0.636. The topological polar surface area (TPSA) is 46.3 Å². The zero-order chi connectivity index (χ0) is 10.7. The molecule has 2 rings (SSSR count). The van der Waals surface area contributed by atoms with Gasteiger partial charge in [0, 0.05) is 6.42 Å². The van der Waals surface area contributed by atoms with Crippen molar-refractivity contribution >= 4 is 6.29 Å².